The predicted octanol–water partition coefficient (Wildman–Crippen LogP) is 2.07. The molecule has 2 N–H and O–H groups in total. The average Bonchev–Trinajstić information content (AvgIpc) is 2.33. The molecule has 1 rings (SSSR count). The normalized spacial score (nSPS) is 9.94. The van der Waals surface area contributed by atoms with Crippen LogP contribution in [-0.4, -0.2) is 30.4 Å². The molecule has 0 fully saturated rings. The third kappa shape index (κ3) is 4.58. The molecule has 0 aromatic heterocycles. The molecule has 1 aromatic rings. The molecule has 2 amide bonds. The van der Waals surface area contributed by atoms with Gasteiger partial charge in [0.25, 0.3) is 0 Å². The van der Waals surface area contributed by atoms with E-state index in [1.165, 1.54) is 11.8 Å². The molecule has 0 radical (unpaired) electrons. The summed E-state index contributed by atoms with van der Waals surface area (Å²) in [4.78, 5) is 22.8. The highest BCUT2D eigenvalue weighted by Crippen LogP contribution is 2.22. The number of benzene rings is 1. The van der Waals surface area contributed by atoms with Crippen LogP contribution in [0.25, 0.3) is 0 Å². The highest BCUT2D eigenvalue weighted by Gasteiger charge is 2.08. The number of anilines is 1. The van der Waals surface area contributed by atoms with Crippen molar-refractivity contribution in [2.75, 3.05) is 23.9 Å². The second-order valence-electron chi connectivity index (χ2n) is 3.67. The maximum absolute atomic E-state index is 11.6. The zero-order valence-corrected chi connectivity index (χ0v) is 11.8. The summed E-state index contributed by atoms with van der Waals surface area (Å²) in [6.07, 6.45) is 1.83. The van der Waals surface area contributed by atoms with Crippen molar-refractivity contribution >= 4 is 40.9 Å². The van der Waals surface area contributed by atoms with Gasteiger partial charge >= 0.3 is 0 Å². The van der Waals surface area contributed by atoms with Crippen molar-refractivity contribution in [2.45, 2.75) is 6.92 Å². The second-order valence-corrected chi connectivity index (χ2v) is 4.94. The molecule has 0 aliphatic carbocycles. The summed E-state index contributed by atoms with van der Waals surface area (Å²) >= 11 is 7.35. The van der Waals surface area contributed by atoms with Crippen LogP contribution >= 0.6 is 23.4 Å². The standard InChI is InChI=1S/C12H15ClN2O2S/c1-8-9(13)4-3-5-10(8)15-11(16)6-14-12(17)7-18-2/h3-5H,6-7H2,1-2H3,(H,14,17)(H,15,16). The summed E-state index contributed by atoms with van der Waals surface area (Å²) in [6.45, 7) is 1.79. The van der Waals surface area contributed by atoms with E-state index in [4.69, 9.17) is 11.6 Å². The van der Waals surface area contributed by atoms with E-state index in [1.54, 1.807) is 18.2 Å². The highest BCUT2D eigenvalue weighted by atomic mass is 35.5. The molecule has 0 bridgehead atoms. The largest absolute Gasteiger partial charge is 0.346 e. The Balaban J connectivity index is 2.50. The van der Waals surface area contributed by atoms with Crippen LogP contribution in [0.2, 0.25) is 5.02 Å². The van der Waals surface area contributed by atoms with Crippen molar-refractivity contribution in [2.24, 2.45) is 0 Å². The molecule has 0 heterocycles. The molecule has 4 nitrogen and oxygen atoms in total. The molecule has 18 heavy (non-hydrogen) atoms. The summed E-state index contributed by atoms with van der Waals surface area (Å²) in [5.74, 6) is -0.0704. The van der Waals surface area contributed by atoms with Crippen LogP contribution in [0.15, 0.2) is 18.2 Å². The lowest BCUT2D eigenvalue weighted by atomic mass is 10.2. The Morgan fingerprint density at radius 2 is 2.06 bits per heavy atom. The molecule has 0 atom stereocenters. The van der Waals surface area contributed by atoms with Gasteiger partial charge < -0.3 is 10.6 Å². The van der Waals surface area contributed by atoms with Crippen LogP contribution in [0.1, 0.15) is 5.56 Å². The first-order chi connectivity index (χ1) is 8.54. The maximum atomic E-state index is 11.6. The van der Waals surface area contributed by atoms with E-state index in [0.29, 0.717) is 16.5 Å². The number of hydrogen-bond acceptors (Lipinski definition) is 3. The number of nitrogens with one attached hydrogen (secondary N) is 2. The van der Waals surface area contributed by atoms with Gasteiger partial charge in [0, 0.05) is 10.7 Å². The number of hydrogen-bond donors (Lipinski definition) is 2. The van der Waals surface area contributed by atoms with Gasteiger partial charge in [0.1, 0.15) is 0 Å². The Morgan fingerprint density at radius 3 is 2.72 bits per heavy atom. The van der Waals surface area contributed by atoms with Crippen LogP contribution in [0.5, 0.6) is 0 Å². The van der Waals surface area contributed by atoms with E-state index in [2.05, 4.69) is 10.6 Å². The molecule has 1 aromatic carbocycles. The summed E-state index contributed by atoms with van der Waals surface area (Å²) in [5, 5.41) is 5.83. The van der Waals surface area contributed by atoms with Gasteiger partial charge in [-0.05, 0) is 30.9 Å². The Bertz CT molecular complexity index is 452. The third-order valence-corrected chi connectivity index (χ3v) is 3.22. The third-order valence-electron chi connectivity index (χ3n) is 2.26. The molecular formula is C12H15ClN2O2S. The number of halogens is 1. The molecule has 0 unspecified atom stereocenters. The second kappa shape index (κ2) is 7.28. The van der Waals surface area contributed by atoms with Crippen LogP contribution in [0, 0.1) is 6.92 Å². The van der Waals surface area contributed by atoms with Gasteiger partial charge in [-0.1, -0.05) is 17.7 Å². The van der Waals surface area contributed by atoms with Gasteiger partial charge in [-0.2, -0.15) is 11.8 Å². The van der Waals surface area contributed by atoms with Crippen molar-refractivity contribution in [1.29, 1.82) is 0 Å². The van der Waals surface area contributed by atoms with Crippen LogP contribution < -0.4 is 10.6 Å². The number of thioether (sulfide) groups is 1. The molecule has 98 valence electrons. The molecule has 0 saturated heterocycles. The summed E-state index contributed by atoms with van der Waals surface area (Å²) in [5.41, 5.74) is 1.47. The van der Waals surface area contributed by atoms with Crippen molar-refractivity contribution in [3.8, 4) is 0 Å². The lowest BCUT2D eigenvalue weighted by molar-refractivity contribution is -0.122. The molecule has 0 aliphatic heterocycles. The average molecular weight is 287 g/mol. The zero-order chi connectivity index (χ0) is 13.5. The van der Waals surface area contributed by atoms with Gasteiger partial charge in [-0.25, -0.2) is 0 Å². The zero-order valence-electron chi connectivity index (χ0n) is 10.2. The van der Waals surface area contributed by atoms with E-state index in [-0.39, 0.29) is 18.4 Å². The van der Waals surface area contributed by atoms with Crippen molar-refractivity contribution in [1.82, 2.24) is 5.32 Å². The first kappa shape index (κ1) is 14.9. The van der Waals surface area contributed by atoms with Crippen LogP contribution in [0.4, 0.5) is 5.69 Å². The van der Waals surface area contributed by atoms with Crippen molar-refractivity contribution < 1.29 is 9.59 Å². The predicted molar refractivity (Wildman–Crippen MR) is 76.2 cm³/mol. The van der Waals surface area contributed by atoms with Gasteiger partial charge in [0.2, 0.25) is 11.8 Å². The number of carbonyl (C=O) groups is 2. The lowest BCUT2D eigenvalue weighted by Crippen LogP contribution is -2.33. The van der Waals surface area contributed by atoms with Gasteiger partial charge in [-0.3, -0.25) is 9.59 Å². The number of amides is 2. The fraction of sp³-hybridized carbons (Fsp3) is 0.333. The minimum absolute atomic E-state index is 0.0364. The lowest BCUT2D eigenvalue weighted by Gasteiger charge is -2.09. The van der Waals surface area contributed by atoms with E-state index < -0.39 is 0 Å². The van der Waals surface area contributed by atoms with E-state index >= 15 is 0 Å². The fourth-order valence-electron chi connectivity index (χ4n) is 1.30. The summed E-state index contributed by atoms with van der Waals surface area (Å²) < 4.78 is 0. The van der Waals surface area contributed by atoms with E-state index in [9.17, 15) is 9.59 Å². The highest BCUT2D eigenvalue weighted by molar-refractivity contribution is 7.99. The minimum Gasteiger partial charge on any atom is -0.346 e. The Hall–Kier alpha value is -1.20. The van der Waals surface area contributed by atoms with Crippen LogP contribution in [-0.2, 0) is 9.59 Å². The van der Waals surface area contributed by atoms with E-state index in [0.717, 1.165) is 5.56 Å². The monoisotopic (exact) mass is 286 g/mol. The number of rotatable bonds is 5. The van der Waals surface area contributed by atoms with E-state index in [1.807, 2.05) is 13.2 Å². The summed E-state index contributed by atoms with van der Waals surface area (Å²) in [6, 6.07) is 5.28. The Morgan fingerprint density at radius 1 is 1.33 bits per heavy atom. The smallest absolute Gasteiger partial charge is 0.243 e. The SMILES string of the molecule is CSCC(=O)NCC(=O)Nc1cccc(Cl)c1C. The Kier molecular flexibility index (Phi) is 6.01. The first-order valence-corrected chi connectivity index (χ1v) is 7.12. The molecular weight excluding hydrogens is 272 g/mol. The van der Waals surface area contributed by atoms with Gasteiger partial charge in [0.05, 0.1) is 12.3 Å². The fourth-order valence-corrected chi connectivity index (χ4v) is 1.84. The molecule has 6 heteroatoms. The maximum Gasteiger partial charge on any atom is 0.243 e. The van der Waals surface area contributed by atoms with Gasteiger partial charge in [0.15, 0.2) is 0 Å². The summed E-state index contributed by atoms with van der Waals surface area (Å²) in [7, 11) is 0. The van der Waals surface area contributed by atoms with Crippen molar-refractivity contribution in [3.05, 3.63) is 28.8 Å². The molecule has 0 spiro atoms. The minimum atomic E-state index is -0.269. The molecule has 0 saturated carbocycles. The molecule has 0 aliphatic rings. The van der Waals surface area contributed by atoms with Crippen molar-refractivity contribution in [3.63, 3.8) is 0 Å². The van der Waals surface area contributed by atoms with Crippen LogP contribution in [0.3, 0.4) is 0 Å². The number of carbonyl (C=O) groups excluding carboxylic acids is 2. The quantitative estimate of drug-likeness (QED) is 0.871. The topological polar surface area (TPSA) is 58.2 Å². The Labute approximate surface area is 115 Å². The van der Waals surface area contributed by atoms with Gasteiger partial charge in [-0.15, -0.1) is 0 Å². The first-order valence-electron chi connectivity index (χ1n) is 5.35.